The Morgan fingerprint density at radius 3 is 2.59 bits per heavy atom. The second kappa shape index (κ2) is 6.44. The van der Waals surface area contributed by atoms with Crippen LogP contribution in [0, 0.1) is 5.82 Å². The molecule has 17 heavy (non-hydrogen) atoms. The van der Waals surface area contributed by atoms with Gasteiger partial charge in [-0.05, 0) is 31.5 Å². The average molecular weight is 306 g/mol. The zero-order chi connectivity index (χ0) is 13.0. The Kier molecular flexibility index (Phi) is 5.52. The van der Waals surface area contributed by atoms with E-state index in [9.17, 15) is 9.50 Å². The molecule has 1 aromatic carbocycles. The molecule has 3 nitrogen and oxygen atoms in total. The Bertz CT molecular complexity index is 374. The van der Waals surface area contributed by atoms with Gasteiger partial charge in [0.05, 0.1) is 18.3 Å². The van der Waals surface area contributed by atoms with E-state index in [2.05, 4.69) is 15.9 Å². The van der Waals surface area contributed by atoms with Crippen LogP contribution in [0.15, 0.2) is 22.7 Å². The van der Waals surface area contributed by atoms with Crippen molar-refractivity contribution in [2.75, 3.05) is 6.54 Å². The lowest BCUT2D eigenvalue weighted by atomic mass is 10.1. The molecule has 0 aliphatic carbocycles. The summed E-state index contributed by atoms with van der Waals surface area (Å²) in [6.07, 6.45) is -1.28. The zero-order valence-corrected chi connectivity index (χ0v) is 11.4. The molecule has 0 bridgehead atoms. The van der Waals surface area contributed by atoms with Crippen LogP contribution in [0.3, 0.4) is 0 Å². The van der Waals surface area contributed by atoms with Crippen LogP contribution in [0.2, 0.25) is 0 Å². The standard InChI is InChI=1S/C12H17BrFNO2/c1-7(16)8(2)17-12(6-15)10-4-3-9(14)5-11(10)13/h3-5,7-8,12,16H,6,15H2,1-2H3. The number of rotatable bonds is 5. The van der Waals surface area contributed by atoms with Crippen molar-refractivity contribution in [1.29, 1.82) is 0 Å². The largest absolute Gasteiger partial charge is 0.391 e. The molecule has 0 saturated carbocycles. The van der Waals surface area contributed by atoms with Gasteiger partial charge in [-0.2, -0.15) is 0 Å². The van der Waals surface area contributed by atoms with E-state index in [0.29, 0.717) is 4.47 Å². The number of ether oxygens (including phenoxy) is 1. The second-order valence-corrected chi connectivity index (χ2v) is 4.83. The normalized spacial score (nSPS) is 16.6. The molecular weight excluding hydrogens is 289 g/mol. The van der Waals surface area contributed by atoms with Crippen molar-refractivity contribution < 1.29 is 14.2 Å². The molecule has 0 spiro atoms. The van der Waals surface area contributed by atoms with Crippen molar-refractivity contribution in [3.05, 3.63) is 34.1 Å². The highest BCUT2D eigenvalue weighted by Gasteiger charge is 2.19. The number of nitrogens with two attached hydrogens (primary N) is 1. The molecule has 3 unspecified atom stereocenters. The summed E-state index contributed by atoms with van der Waals surface area (Å²) >= 11 is 3.28. The van der Waals surface area contributed by atoms with Crippen LogP contribution < -0.4 is 5.73 Å². The summed E-state index contributed by atoms with van der Waals surface area (Å²) in [7, 11) is 0. The maximum atomic E-state index is 13.0. The Hall–Kier alpha value is -0.490. The zero-order valence-electron chi connectivity index (χ0n) is 9.86. The van der Waals surface area contributed by atoms with E-state index < -0.39 is 6.10 Å². The Balaban J connectivity index is 2.86. The van der Waals surface area contributed by atoms with Gasteiger partial charge in [-0.3, -0.25) is 0 Å². The van der Waals surface area contributed by atoms with E-state index in [1.807, 2.05) is 0 Å². The van der Waals surface area contributed by atoms with E-state index in [-0.39, 0.29) is 24.6 Å². The van der Waals surface area contributed by atoms with Gasteiger partial charge in [-0.1, -0.05) is 22.0 Å². The Morgan fingerprint density at radius 1 is 1.47 bits per heavy atom. The second-order valence-electron chi connectivity index (χ2n) is 3.97. The highest BCUT2D eigenvalue weighted by atomic mass is 79.9. The molecule has 0 saturated heterocycles. The minimum Gasteiger partial charge on any atom is -0.391 e. The van der Waals surface area contributed by atoms with Crippen LogP contribution in [0.5, 0.6) is 0 Å². The third kappa shape index (κ3) is 4.03. The lowest BCUT2D eigenvalue weighted by molar-refractivity contribution is -0.0594. The fraction of sp³-hybridized carbons (Fsp3) is 0.500. The molecule has 0 amide bonds. The molecular formula is C12H17BrFNO2. The van der Waals surface area contributed by atoms with Gasteiger partial charge in [0.25, 0.3) is 0 Å². The van der Waals surface area contributed by atoms with Gasteiger partial charge in [0.2, 0.25) is 0 Å². The number of halogens is 2. The highest BCUT2D eigenvalue weighted by Crippen LogP contribution is 2.27. The first-order valence-corrected chi connectivity index (χ1v) is 6.23. The molecule has 0 aliphatic heterocycles. The van der Waals surface area contributed by atoms with E-state index in [0.717, 1.165) is 5.56 Å². The predicted molar refractivity (Wildman–Crippen MR) is 68.1 cm³/mol. The molecule has 3 N–H and O–H groups in total. The fourth-order valence-electron chi connectivity index (χ4n) is 1.39. The summed E-state index contributed by atoms with van der Waals surface area (Å²) in [6.45, 7) is 3.68. The maximum Gasteiger partial charge on any atom is 0.124 e. The van der Waals surface area contributed by atoms with Crippen molar-refractivity contribution >= 4 is 15.9 Å². The molecule has 3 atom stereocenters. The molecule has 96 valence electrons. The van der Waals surface area contributed by atoms with Gasteiger partial charge in [0.1, 0.15) is 5.82 Å². The van der Waals surface area contributed by atoms with E-state index in [1.54, 1.807) is 19.9 Å². The molecule has 1 aromatic rings. The van der Waals surface area contributed by atoms with Crippen molar-refractivity contribution in [3.63, 3.8) is 0 Å². The van der Waals surface area contributed by atoms with Crippen LogP contribution >= 0.6 is 15.9 Å². The predicted octanol–water partition coefficient (Wildman–Crippen LogP) is 2.37. The smallest absolute Gasteiger partial charge is 0.124 e. The van der Waals surface area contributed by atoms with E-state index >= 15 is 0 Å². The van der Waals surface area contributed by atoms with Crippen LogP contribution in [-0.4, -0.2) is 23.9 Å². The molecule has 0 aromatic heterocycles. The lowest BCUT2D eigenvalue weighted by Gasteiger charge is -2.24. The fourth-order valence-corrected chi connectivity index (χ4v) is 2.00. The van der Waals surface area contributed by atoms with Gasteiger partial charge < -0.3 is 15.6 Å². The number of hydrogen-bond donors (Lipinski definition) is 2. The first-order chi connectivity index (χ1) is 7.95. The molecule has 0 heterocycles. The summed E-state index contributed by atoms with van der Waals surface area (Å²) in [5.74, 6) is -0.319. The summed E-state index contributed by atoms with van der Waals surface area (Å²) in [5.41, 5.74) is 6.42. The quantitative estimate of drug-likeness (QED) is 0.878. The monoisotopic (exact) mass is 305 g/mol. The summed E-state index contributed by atoms with van der Waals surface area (Å²) in [4.78, 5) is 0. The average Bonchev–Trinajstić information content (AvgIpc) is 2.26. The van der Waals surface area contributed by atoms with E-state index in [1.165, 1.54) is 12.1 Å². The molecule has 0 fully saturated rings. The topological polar surface area (TPSA) is 55.5 Å². The first-order valence-electron chi connectivity index (χ1n) is 5.44. The number of hydrogen-bond acceptors (Lipinski definition) is 3. The number of benzene rings is 1. The minimum atomic E-state index is -0.580. The third-order valence-electron chi connectivity index (χ3n) is 2.58. The molecule has 0 radical (unpaired) electrons. The van der Waals surface area contributed by atoms with Gasteiger partial charge in [-0.15, -0.1) is 0 Å². The lowest BCUT2D eigenvalue weighted by Crippen LogP contribution is -2.28. The van der Waals surface area contributed by atoms with Crippen LogP contribution in [0.4, 0.5) is 4.39 Å². The first kappa shape index (κ1) is 14.6. The Labute approximate surface area is 109 Å². The van der Waals surface area contributed by atoms with Crippen LogP contribution in [0.1, 0.15) is 25.5 Å². The molecule has 1 rings (SSSR count). The summed E-state index contributed by atoms with van der Waals surface area (Å²) < 4.78 is 19.2. The number of aliphatic hydroxyl groups is 1. The van der Waals surface area contributed by atoms with Crippen molar-refractivity contribution in [2.45, 2.75) is 32.2 Å². The van der Waals surface area contributed by atoms with Gasteiger partial charge in [0.15, 0.2) is 0 Å². The highest BCUT2D eigenvalue weighted by molar-refractivity contribution is 9.10. The van der Waals surface area contributed by atoms with Gasteiger partial charge >= 0.3 is 0 Å². The molecule has 0 aliphatic rings. The van der Waals surface area contributed by atoms with Crippen molar-refractivity contribution in [3.8, 4) is 0 Å². The molecule has 5 heteroatoms. The summed E-state index contributed by atoms with van der Waals surface area (Å²) in [6, 6.07) is 4.36. The summed E-state index contributed by atoms with van der Waals surface area (Å²) in [5, 5.41) is 9.39. The third-order valence-corrected chi connectivity index (χ3v) is 3.27. The van der Waals surface area contributed by atoms with Crippen molar-refractivity contribution in [1.82, 2.24) is 0 Å². The van der Waals surface area contributed by atoms with Gasteiger partial charge in [0, 0.05) is 11.0 Å². The van der Waals surface area contributed by atoms with Crippen LogP contribution in [0.25, 0.3) is 0 Å². The van der Waals surface area contributed by atoms with Gasteiger partial charge in [-0.25, -0.2) is 4.39 Å². The maximum absolute atomic E-state index is 13.0. The number of aliphatic hydroxyl groups excluding tert-OH is 1. The Morgan fingerprint density at radius 2 is 2.12 bits per heavy atom. The minimum absolute atomic E-state index is 0.265. The van der Waals surface area contributed by atoms with E-state index in [4.69, 9.17) is 10.5 Å². The van der Waals surface area contributed by atoms with Crippen LogP contribution in [-0.2, 0) is 4.74 Å². The SMILES string of the molecule is CC(O)C(C)OC(CN)c1ccc(F)cc1Br. The van der Waals surface area contributed by atoms with Crippen molar-refractivity contribution in [2.24, 2.45) is 5.73 Å².